The van der Waals surface area contributed by atoms with Crippen molar-refractivity contribution in [2.24, 2.45) is 0 Å². The summed E-state index contributed by atoms with van der Waals surface area (Å²) in [7, 11) is 1.72. The maximum atomic E-state index is 6.94. The van der Waals surface area contributed by atoms with Gasteiger partial charge in [-0.2, -0.15) is 0 Å². The molecule has 0 N–H and O–H groups in total. The molecular formula is C81H137N3O7. The van der Waals surface area contributed by atoms with Crippen molar-refractivity contribution >= 4 is 0 Å². The minimum absolute atomic E-state index is 0.595. The van der Waals surface area contributed by atoms with Crippen LogP contribution < -0.4 is 33.2 Å². The highest BCUT2D eigenvalue weighted by Gasteiger charge is 2.26. The molecule has 0 aliphatic heterocycles. The van der Waals surface area contributed by atoms with Crippen molar-refractivity contribution in [1.82, 2.24) is 14.8 Å². The third-order valence-corrected chi connectivity index (χ3v) is 18.1. The summed E-state index contributed by atoms with van der Waals surface area (Å²) in [5, 5.41) is 10.3. The lowest BCUT2D eigenvalue weighted by atomic mass is 10.1. The van der Waals surface area contributed by atoms with Crippen molar-refractivity contribution in [3.05, 3.63) is 48.5 Å². The maximum absolute atomic E-state index is 6.94. The van der Waals surface area contributed by atoms with Crippen LogP contribution in [0.5, 0.6) is 40.2 Å². The molecule has 0 spiro atoms. The predicted molar refractivity (Wildman–Crippen MR) is 387 cm³/mol. The Balaban J connectivity index is 1.85. The van der Waals surface area contributed by atoms with Crippen LogP contribution in [0.2, 0.25) is 0 Å². The SMILES string of the molecule is CCCCCCCCCCOc1cc(-c2nnc(-c3cc(OCCCCCCCCCC)c(OCCCCCCCCCC)c(OCCCCCCCCCC)c3)n2-c2ccc(OC)cc2)cc(OCCCCCCCCCC)c1OCCCCCCCCCC. The number of benzene rings is 3. The molecule has 0 unspecified atom stereocenters. The number of hydrogen-bond acceptors (Lipinski definition) is 9. The van der Waals surface area contributed by atoms with Gasteiger partial charge in [-0.25, -0.2) is 0 Å². The summed E-state index contributed by atoms with van der Waals surface area (Å²) in [5.41, 5.74) is 2.58. The van der Waals surface area contributed by atoms with E-state index in [0.29, 0.717) is 85.8 Å². The monoisotopic (exact) mass is 1260 g/mol. The molecule has 0 saturated carbocycles. The highest BCUT2D eigenvalue weighted by atomic mass is 16.5. The molecule has 10 nitrogen and oxygen atoms in total. The van der Waals surface area contributed by atoms with Crippen LogP contribution in [0.3, 0.4) is 0 Å². The fourth-order valence-electron chi connectivity index (χ4n) is 12.3. The summed E-state index contributed by atoms with van der Waals surface area (Å²) < 4.78 is 49.4. The van der Waals surface area contributed by atoms with Gasteiger partial charge in [0.05, 0.1) is 46.8 Å². The van der Waals surface area contributed by atoms with Gasteiger partial charge in [-0.15, -0.1) is 10.2 Å². The normalized spacial score (nSPS) is 11.4. The molecule has 10 heteroatoms. The quantitative estimate of drug-likeness (QED) is 0.0401. The molecule has 0 fully saturated rings. The average molecular weight is 1270 g/mol. The van der Waals surface area contributed by atoms with Crippen LogP contribution >= 0.6 is 0 Å². The molecule has 0 radical (unpaired) electrons. The Kier molecular flexibility index (Phi) is 47.4. The van der Waals surface area contributed by atoms with E-state index >= 15 is 0 Å². The largest absolute Gasteiger partial charge is 0.497 e. The van der Waals surface area contributed by atoms with E-state index in [9.17, 15) is 0 Å². The molecule has 0 saturated heterocycles. The minimum Gasteiger partial charge on any atom is -0.497 e. The average Bonchev–Trinajstić information content (AvgIpc) is 1.75. The lowest BCUT2D eigenvalue weighted by Crippen LogP contribution is -2.08. The molecule has 0 aliphatic rings. The Labute approximate surface area is 558 Å². The number of hydrogen-bond donors (Lipinski definition) is 0. The molecule has 0 atom stereocenters. The van der Waals surface area contributed by atoms with Crippen molar-refractivity contribution in [3.8, 4) is 68.7 Å². The van der Waals surface area contributed by atoms with E-state index in [1.807, 2.05) is 12.1 Å². The highest BCUT2D eigenvalue weighted by molar-refractivity contribution is 5.74. The molecule has 91 heavy (non-hydrogen) atoms. The summed E-state index contributed by atoms with van der Waals surface area (Å²) in [6, 6.07) is 16.7. The lowest BCUT2D eigenvalue weighted by Gasteiger charge is -2.20. The van der Waals surface area contributed by atoms with E-state index in [-0.39, 0.29) is 0 Å². The number of aromatic nitrogens is 3. The van der Waals surface area contributed by atoms with Crippen LogP contribution in [0.15, 0.2) is 48.5 Å². The number of nitrogens with zero attached hydrogens (tertiary/aromatic N) is 3. The van der Waals surface area contributed by atoms with Crippen LogP contribution in [0.25, 0.3) is 28.5 Å². The first-order chi connectivity index (χ1) is 45.0. The third-order valence-electron chi connectivity index (χ3n) is 18.1. The van der Waals surface area contributed by atoms with Gasteiger partial charge >= 0.3 is 0 Å². The van der Waals surface area contributed by atoms with E-state index in [0.717, 1.165) is 99.6 Å². The number of rotatable bonds is 64. The van der Waals surface area contributed by atoms with E-state index < -0.39 is 0 Å². The number of methoxy groups -OCH3 is 1. The molecule has 1 heterocycles. The van der Waals surface area contributed by atoms with Crippen LogP contribution in [-0.4, -0.2) is 61.5 Å². The van der Waals surface area contributed by atoms with E-state index in [1.165, 1.54) is 231 Å². The van der Waals surface area contributed by atoms with Crippen LogP contribution in [0.1, 0.15) is 350 Å². The van der Waals surface area contributed by atoms with E-state index in [1.54, 1.807) is 7.11 Å². The zero-order valence-corrected chi connectivity index (χ0v) is 60.0. The summed E-state index contributed by atoms with van der Waals surface area (Å²) >= 11 is 0. The minimum atomic E-state index is 0.595. The van der Waals surface area contributed by atoms with Gasteiger partial charge in [-0.05, 0) is 87.1 Å². The van der Waals surface area contributed by atoms with Crippen molar-refractivity contribution in [3.63, 3.8) is 0 Å². The zero-order chi connectivity index (χ0) is 64.7. The highest BCUT2D eigenvalue weighted by Crippen LogP contribution is 2.46. The molecule has 0 amide bonds. The van der Waals surface area contributed by atoms with Gasteiger partial charge in [0.1, 0.15) is 5.75 Å². The first-order valence-corrected chi connectivity index (χ1v) is 38.8. The summed E-state index contributed by atoms with van der Waals surface area (Å²) in [6.45, 7) is 17.3. The second kappa shape index (κ2) is 54.8. The van der Waals surface area contributed by atoms with Gasteiger partial charge in [0, 0.05) is 16.8 Å². The summed E-state index contributed by atoms with van der Waals surface area (Å²) in [6.07, 6.45) is 59.1. The third kappa shape index (κ3) is 34.9. The standard InChI is InChI=1S/C81H137N3O7/c1-8-14-20-26-32-38-44-50-60-86-74-66-70(67-75(87-61-51-45-39-33-27-21-15-9-2)78(74)90-64-54-48-42-36-30-24-18-12-5)80-82-83-81(84(80)72-56-58-73(85-7)59-57-72)71-68-76(88-62-52-46-40-34-28-22-16-10-3)79(91-65-55-49-43-37-31-25-19-13-6)77(69-71)89-63-53-47-41-35-29-23-17-11-4/h56-59,66-69H,8-55,60-65H2,1-7H3. The van der Waals surface area contributed by atoms with Gasteiger partial charge in [0.2, 0.25) is 11.5 Å². The molecular weight excluding hydrogens is 1130 g/mol. The summed E-state index contributed by atoms with van der Waals surface area (Å²) in [4.78, 5) is 0. The van der Waals surface area contributed by atoms with Gasteiger partial charge in [0.15, 0.2) is 34.6 Å². The Hall–Kier alpha value is -4.60. The molecule has 1 aromatic heterocycles. The Bertz CT molecular complexity index is 2090. The second-order valence-electron chi connectivity index (χ2n) is 26.4. The molecule has 518 valence electrons. The van der Waals surface area contributed by atoms with Crippen molar-refractivity contribution in [2.75, 3.05) is 46.8 Å². The Morgan fingerprint density at radius 1 is 0.264 bits per heavy atom. The molecule has 0 aliphatic carbocycles. The van der Waals surface area contributed by atoms with E-state index in [2.05, 4.69) is 82.5 Å². The maximum Gasteiger partial charge on any atom is 0.203 e. The van der Waals surface area contributed by atoms with Crippen molar-refractivity contribution in [2.45, 2.75) is 350 Å². The zero-order valence-electron chi connectivity index (χ0n) is 60.0. The fourth-order valence-corrected chi connectivity index (χ4v) is 12.3. The van der Waals surface area contributed by atoms with Gasteiger partial charge in [-0.3, -0.25) is 4.57 Å². The fraction of sp³-hybridized carbons (Fsp3) is 0.753. The smallest absolute Gasteiger partial charge is 0.203 e. The molecule has 4 aromatic rings. The van der Waals surface area contributed by atoms with Gasteiger partial charge in [0.25, 0.3) is 0 Å². The molecule has 4 rings (SSSR count). The molecule has 0 bridgehead atoms. The molecule has 3 aromatic carbocycles. The number of ether oxygens (including phenoxy) is 7. The van der Waals surface area contributed by atoms with Crippen LogP contribution in [0.4, 0.5) is 0 Å². The second-order valence-corrected chi connectivity index (χ2v) is 26.4. The summed E-state index contributed by atoms with van der Waals surface area (Å²) in [5.74, 6) is 6.29. The van der Waals surface area contributed by atoms with Crippen molar-refractivity contribution < 1.29 is 33.2 Å². The predicted octanol–water partition coefficient (Wildman–Crippen LogP) is 25.7. The van der Waals surface area contributed by atoms with Crippen molar-refractivity contribution in [1.29, 1.82) is 0 Å². The van der Waals surface area contributed by atoms with Crippen LogP contribution in [0, 0.1) is 0 Å². The van der Waals surface area contributed by atoms with Gasteiger partial charge in [-0.1, -0.05) is 311 Å². The first-order valence-electron chi connectivity index (χ1n) is 38.8. The van der Waals surface area contributed by atoms with Gasteiger partial charge < -0.3 is 33.2 Å². The Morgan fingerprint density at radius 3 is 0.692 bits per heavy atom. The first kappa shape index (κ1) is 78.8. The van der Waals surface area contributed by atoms with E-state index in [4.69, 9.17) is 43.4 Å². The Morgan fingerprint density at radius 2 is 0.473 bits per heavy atom. The van der Waals surface area contributed by atoms with Crippen LogP contribution in [-0.2, 0) is 0 Å². The number of unbranched alkanes of at least 4 members (excludes halogenated alkanes) is 42. The lowest BCUT2D eigenvalue weighted by molar-refractivity contribution is 0.234. The topological polar surface area (TPSA) is 95.3 Å².